The standard InChI is InChI=1S/C16H16BrF2NO/c1-3-20-16(15-12(18)5-4-6-13(15)19)11-9-10(17)7-8-14(11)21-2/h4-9,16,20H,3H2,1-2H3. The van der Waals surface area contributed by atoms with Crippen LogP contribution in [-0.4, -0.2) is 13.7 Å². The molecule has 0 bridgehead atoms. The Morgan fingerprint density at radius 3 is 2.43 bits per heavy atom. The summed E-state index contributed by atoms with van der Waals surface area (Å²) < 4.78 is 34.4. The normalized spacial score (nSPS) is 12.2. The van der Waals surface area contributed by atoms with Crippen molar-refractivity contribution in [3.05, 3.63) is 63.6 Å². The largest absolute Gasteiger partial charge is 0.496 e. The molecule has 5 heteroatoms. The summed E-state index contributed by atoms with van der Waals surface area (Å²) in [7, 11) is 1.54. The fraction of sp³-hybridized carbons (Fsp3) is 0.250. The van der Waals surface area contributed by atoms with Crippen LogP contribution in [0.3, 0.4) is 0 Å². The van der Waals surface area contributed by atoms with Crippen LogP contribution in [-0.2, 0) is 0 Å². The Labute approximate surface area is 131 Å². The zero-order chi connectivity index (χ0) is 15.4. The molecular formula is C16H16BrF2NO. The highest BCUT2D eigenvalue weighted by Crippen LogP contribution is 2.34. The van der Waals surface area contributed by atoms with Crippen molar-refractivity contribution >= 4 is 15.9 Å². The maximum Gasteiger partial charge on any atom is 0.131 e. The second-order valence-electron chi connectivity index (χ2n) is 4.51. The summed E-state index contributed by atoms with van der Waals surface area (Å²) in [4.78, 5) is 0. The number of nitrogens with one attached hydrogen (secondary N) is 1. The van der Waals surface area contributed by atoms with E-state index in [0.29, 0.717) is 17.9 Å². The van der Waals surface area contributed by atoms with E-state index in [2.05, 4.69) is 21.2 Å². The SMILES string of the molecule is CCNC(c1cc(Br)ccc1OC)c1c(F)cccc1F. The van der Waals surface area contributed by atoms with Crippen LogP contribution in [0.1, 0.15) is 24.1 Å². The molecule has 0 radical (unpaired) electrons. The van der Waals surface area contributed by atoms with Crippen molar-refractivity contribution < 1.29 is 13.5 Å². The molecular weight excluding hydrogens is 340 g/mol. The van der Waals surface area contributed by atoms with Gasteiger partial charge in [-0.2, -0.15) is 0 Å². The van der Waals surface area contributed by atoms with Crippen LogP contribution in [0.25, 0.3) is 0 Å². The molecule has 1 atom stereocenters. The van der Waals surface area contributed by atoms with Crippen LogP contribution in [0.15, 0.2) is 40.9 Å². The molecule has 112 valence electrons. The van der Waals surface area contributed by atoms with Crippen LogP contribution < -0.4 is 10.1 Å². The maximum atomic E-state index is 14.1. The van der Waals surface area contributed by atoms with Gasteiger partial charge < -0.3 is 10.1 Å². The summed E-state index contributed by atoms with van der Waals surface area (Å²) in [5.74, 6) is -0.585. The Hall–Kier alpha value is -1.46. The van der Waals surface area contributed by atoms with Gasteiger partial charge in [-0.05, 0) is 36.9 Å². The van der Waals surface area contributed by atoms with Crippen LogP contribution >= 0.6 is 15.9 Å². The lowest BCUT2D eigenvalue weighted by Gasteiger charge is -2.22. The van der Waals surface area contributed by atoms with Gasteiger partial charge in [0.25, 0.3) is 0 Å². The highest BCUT2D eigenvalue weighted by molar-refractivity contribution is 9.10. The van der Waals surface area contributed by atoms with Gasteiger partial charge in [0, 0.05) is 15.6 Å². The third kappa shape index (κ3) is 3.41. The minimum absolute atomic E-state index is 0.00394. The summed E-state index contributed by atoms with van der Waals surface area (Å²) in [6, 6.07) is 8.64. The Kier molecular flexibility index (Phi) is 5.31. The van der Waals surface area contributed by atoms with E-state index in [1.165, 1.54) is 25.3 Å². The van der Waals surface area contributed by atoms with E-state index in [1.807, 2.05) is 13.0 Å². The Morgan fingerprint density at radius 2 is 1.86 bits per heavy atom. The van der Waals surface area contributed by atoms with E-state index in [9.17, 15) is 8.78 Å². The summed E-state index contributed by atoms with van der Waals surface area (Å²) in [6.07, 6.45) is 0. The van der Waals surface area contributed by atoms with Crippen molar-refractivity contribution in [2.75, 3.05) is 13.7 Å². The minimum atomic E-state index is -0.622. The maximum absolute atomic E-state index is 14.1. The van der Waals surface area contributed by atoms with Crippen molar-refractivity contribution in [2.24, 2.45) is 0 Å². The van der Waals surface area contributed by atoms with Crippen molar-refractivity contribution in [2.45, 2.75) is 13.0 Å². The molecule has 0 heterocycles. The number of rotatable bonds is 5. The molecule has 2 aromatic rings. The van der Waals surface area contributed by atoms with E-state index >= 15 is 0 Å². The van der Waals surface area contributed by atoms with Gasteiger partial charge in [0.2, 0.25) is 0 Å². The molecule has 0 spiro atoms. The third-order valence-electron chi connectivity index (χ3n) is 3.20. The van der Waals surface area contributed by atoms with Gasteiger partial charge in [-0.1, -0.05) is 28.9 Å². The fourth-order valence-electron chi connectivity index (χ4n) is 2.29. The highest BCUT2D eigenvalue weighted by Gasteiger charge is 2.24. The topological polar surface area (TPSA) is 21.3 Å². The zero-order valence-electron chi connectivity index (χ0n) is 11.8. The second kappa shape index (κ2) is 7.00. The Balaban J connectivity index is 2.61. The van der Waals surface area contributed by atoms with E-state index < -0.39 is 17.7 Å². The van der Waals surface area contributed by atoms with E-state index in [1.54, 1.807) is 12.1 Å². The monoisotopic (exact) mass is 355 g/mol. The molecule has 1 N–H and O–H groups in total. The first-order chi connectivity index (χ1) is 10.1. The molecule has 0 saturated carbocycles. The first-order valence-electron chi connectivity index (χ1n) is 6.59. The number of benzene rings is 2. The first-order valence-corrected chi connectivity index (χ1v) is 7.38. The van der Waals surface area contributed by atoms with Crippen LogP contribution in [0.2, 0.25) is 0 Å². The molecule has 2 nitrogen and oxygen atoms in total. The molecule has 0 aliphatic rings. The first kappa shape index (κ1) is 15.9. The van der Waals surface area contributed by atoms with Gasteiger partial charge >= 0.3 is 0 Å². The lowest BCUT2D eigenvalue weighted by Crippen LogP contribution is -2.24. The average Bonchev–Trinajstić information content (AvgIpc) is 2.46. The van der Waals surface area contributed by atoms with Gasteiger partial charge in [-0.15, -0.1) is 0 Å². The number of ether oxygens (including phenoxy) is 1. The summed E-state index contributed by atoms with van der Waals surface area (Å²) in [5.41, 5.74) is 0.675. The Morgan fingerprint density at radius 1 is 1.19 bits per heavy atom. The van der Waals surface area contributed by atoms with Gasteiger partial charge in [0.05, 0.1) is 13.2 Å². The molecule has 1 unspecified atom stereocenters. The molecule has 21 heavy (non-hydrogen) atoms. The van der Waals surface area contributed by atoms with Gasteiger partial charge in [-0.3, -0.25) is 0 Å². The second-order valence-corrected chi connectivity index (χ2v) is 5.43. The number of halogens is 3. The predicted octanol–water partition coefficient (Wildman–Crippen LogP) is 4.43. The molecule has 0 aliphatic heterocycles. The van der Waals surface area contributed by atoms with Crippen LogP contribution in [0.4, 0.5) is 8.78 Å². The number of hydrogen-bond acceptors (Lipinski definition) is 2. The summed E-state index contributed by atoms with van der Waals surface area (Å²) >= 11 is 3.38. The van der Waals surface area contributed by atoms with Crippen molar-refractivity contribution in [3.63, 3.8) is 0 Å². The van der Waals surface area contributed by atoms with Crippen molar-refractivity contribution in [1.82, 2.24) is 5.32 Å². The quantitative estimate of drug-likeness (QED) is 0.856. The third-order valence-corrected chi connectivity index (χ3v) is 3.69. The molecule has 0 amide bonds. The minimum Gasteiger partial charge on any atom is -0.496 e. The average molecular weight is 356 g/mol. The van der Waals surface area contributed by atoms with Crippen LogP contribution in [0, 0.1) is 11.6 Å². The van der Waals surface area contributed by atoms with E-state index in [4.69, 9.17) is 4.74 Å². The summed E-state index contributed by atoms with van der Waals surface area (Å²) in [5, 5.41) is 3.12. The molecule has 0 aliphatic carbocycles. The fourth-order valence-corrected chi connectivity index (χ4v) is 2.67. The van der Waals surface area contributed by atoms with E-state index in [0.717, 1.165) is 4.47 Å². The van der Waals surface area contributed by atoms with Crippen LogP contribution in [0.5, 0.6) is 5.75 Å². The lowest BCUT2D eigenvalue weighted by molar-refractivity contribution is 0.401. The summed E-state index contributed by atoms with van der Waals surface area (Å²) in [6.45, 7) is 2.45. The highest BCUT2D eigenvalue weighted by atomic mass is 79.9. The smallest absolute Gasteiger partial charge is 0.131 e. The zero-order valence-corrected chi connectivity index (χ0v) is 13.4. The number of hydrogen-bond donors (Lipinski definition) is 1. The van der Waals surface area contributed by atoms with Gasteiger partial charge in [0.1, 0.15) is 17.4 Å². The Bertz CT molecular complexity index is 613. The number of methoxy groups -OCH3 is 1. The van der Waals surface area contributed by atoms with Crippen molar-refractivity contribution in [3.8, 4) is 5.75 Å². The molecule has 2 aromatic carbocycles. The molecule has 0 fully saturated rings. The van der Waals surface area contributed by atoms with E-state index in [-0.39, 0.29) is 5.56 Å². The molecule has 0 saturated heterocycles. The van der Waals surface area contributed by atoms with Gasteiger partial charge in [-0.25, -0.2) is 8.78 Å². The lowest BCUT2D eigenvalue weighted by atomic mass is 9.96. The van der Waals surface area contributed by atoms with Crippen molar-refractivity contribution in [1.29, 1.82) is 0 Å². The molecule has 0 aromatic heterocycles. The van der Waals surface area contributed by atoms with Gasteiger partial charge in [0.15, 0.2) is 0 Å². The predicted molar refractivity (Wildman–Crippen MR) is 82.6 cm³/mol. The molecule has 2 rings (SSSR count).